The molecular formula is C15H27NO. The standard InChI is InChI=1S/C14H23NO.CH4/c1-2-13(16)15-9-14-6-10-3-11(7-14)5-12(4-10)8-14;/h10-12H,2-9H2,1H3,(H,15,16);1H4. The molecule has 4 saturated carbocycles. The summed E-state index contributed by atoms with van der Waals surface area (Å²) in [7, 11) is 0. The molecule has 1 N–H and O–H groups in total. The minimum Gasteiger partial charge on any atom is -0.356 e. The van der Waals surface area contributed by atoms with Crippen molar-refractivity contribution < 1.29 is 4.79 Å². The molecule has 17 heavy (non-hydrogen) atoms. The van der Waals surface area contributed by atoms with Gasteiger partial charge in [0.2, 0.25) is 5.91 Å². The fraction of sp³-hybridized carbons (Fsp3) is 0.933. The van der Waals surface area contributed by atoms with Crippen LogP contribution in [0.25, 0.3) is 0 Å². The summed E-state index contributed by atoms with van der Waals surface area (Å²) in [4.78, 5) is 11.4. The summed E-state index contributed by atoms with van der Waals surface area (Å²) < 4.78 is 0. The van der Waals surface area contributed by atoms with Crippen LogP contribution in [0.2, 0.25) is 0 Å². The van der Waals surface area contributed by atoms with Crippen LogP contribution in [0.3, 0.4) is 0 Å². The van der Waals surface area contributed by atoms with Crippen LogP contribution in [0.5, 0.6) is 0 Å². The molecule has 4 rings (SSSR count). The van der Waals surface area contributed by atoms with E-state index in [2.05, 4.69) is 5.32 Å². The predicted octanol–water partition coefficient (Wildman–Crippen LogP) is 3.37. The summed E-state index contributed by atoms with van der Waals surface area (Å²) >= 11 is 0. The molecule has 4 bridgehead atoms. The van der Waals surface area contributed by atoms with Crippen LogP contribution in [-0.4, -0.2) is 12.5 Å². The minimum atomic E-state index is 0. The summed E-state index contributed by atoms with van der Waals surface area (Å²) in [6, 6.07) is 0. The number of hydrogen-bond donors (Lipinski definition) is 1. The van der Waals surface area contributed by atoms with Crippen LogP contribution in [0.15, 0.2) is 0 Å². The second-order valence-electron chi connectivity index (χ2n) is 6.55. The molecule has 0 atom stereocenters. The Bertz CT molecular complexity index is 262. The Morgan fingerprint density at radius 2 is 1.59 bits per heavy atom. The minimum absolute atomic E-state index is 0. The van der Waals surface area contributed by atoms with Gasteiger partial charge in [0, 0.05) is 13.0 Å². The van der Waals surface area contributed by atoms with Crippen molar-refractivity contribution in [1.82, 2.24) is 5.32 Å². The molecule has 4 aliphatic carbocycles. The Morgan fingerprint density at radius 3 is 2.00 bits per heavy atom. The zero-order chi connectivity index (χ0) is 11.2. The monoisotopic (exact) mass is 237 g/mol. The molecule has 2 heteroatoms. The highest BCUT2D eigenvalue weighted by molar-refractivity contribution is 5.75. The van der Waals surface area contributed by atoms with Gasteiger partial charge in [-0.15, -0.1) is 0 Å². The molecule has 0 radical (unpaired) electrons. The maximum atomic E-state index is 11.4. The zero-order valence-electron chi connectivity index (χ0n) is 10.3. The van der Waals surface area contributed by atoms with E-state index >= 15 is 0 Å². The number of carbonyl (C=O) groups excluding carboxylic acids is 1. The van der Waals surface area contributed by atoms with Crippen LogP contribution in [-0.2, 0) is 4.79 Å². The lowest BCUT2D eigenvalue weighted by molar-refractivity contribution is -0.122. The fourth-order valence-corrected chi connectivity index (χ4v) is 4.92. The predicted molar refractivity (Wildman–Crippen MR) is 70.6 cm³/mol. The first-order valence-corrected chi connectivity index (χ1v) is 6.96. The molecule has 98 valence electrons. The van der Waals surface area contributed by atoms with Crippen LogP contribution >= 0.6 is 0 Å². The Balaban J connectivity index is 0.00000108. The van der Waals surface area contributed by atoms with E-state index in [9.17, 15) is 4.79 Å². The van der Waals surface area contributed by atoms with Crippen molar-refractivity contribution in [3.05, 3.63) is 0 Å². The molecule has 0 saturated heterocycles. The Morgan fingerprint density at radius 1 is 1.12 bits per heavy atom. The maximum Gasteiger partial charge on any atom is 0.219 e. The van der Waals surface area contributed by atoms with E-state index in [0.29, 0.717) is 11.8 Å². The first-order valence-electron chi connectivity index (χ1n) is 6.96. The molecular weight excluding hydrogens is 210 g/mol. The molecule has 2 nitrogen and oxygen atoms in total. The number of amides is 1. The van der Waals surface area contributed by atoms with Gasteiger partial charge < -0.3 is 5.32 Å². The second kappa shape index (κ2) is 4.62. The van der Waals surface area contributed by atoms with Gasteiger partial charge in [-0.05, 0) is 61.7 Å². The average molecular weight is 237 g/mol. The van der Waals surface area contributed by atoms with Crippen LogP contribution in [0.4, 0.5) is 0 Å². The summed E-state index contributed by atoms with van der Waals surface area (Å²) in [5.41, 5.74) is 0.500. The van der Waals surface area contributed by atoms with Crippen molar-refractivity contribution in [2.45, 2.75) is 59.3 Å². The van der Waals surface area contributed by atoms with Crippen molar-refractivity contribution >= 4 is 5.91 Å². The van der Waals surface area contributed by atoms with E-state index in [4.69, 9.17) is 0 Å². The lowest BCUT2D eigenvalue weighted by Gasteiger charge is -2.56. The van der Waals surface area contributed by atoms with Crippen LogP contribution < -0.4 is 5.32 Å². The number of carbonyl (C=O) groups is 1. The number of nitrogens with one attached hydrogen (secondary N) is 1. The lowest BCUT2D eigenvalue weighted by atomic mass is 9.49. The van der Waals surface area contributed by atoms with Crippen LogP contribution in [0, 0.1) is 23.2 Å². The van der Waals surface area contributed by atoms with Gasteiger partial charge in [0.25, 0.3) is 0 Å². The summed E-state index contributed by atoms with van der Waals surface area (Å²) in [5, 5.41) is 3.15. The van der Waals surface area contributed by atoms with Gasteiger partial charge in [-0.2, -0.15) is 0 Å². The number of hydrogen-bond acceptors (Lipinski definition) is 1. The largest absolute Gasteiger partial charge is 0.356 e. The van der Waals surface area contributed by atoms with E-state index < -0.39 is 0 Å². The Hall–Kier alpha value is -0.530. The Labute approximate surface area is 106 Å². The molecule has 0 aromatic heterocycles. The van der Waals surface area contributed by atoms with Crippen molar-refractivity contribution in [1.29, 1.82) is 0 Å². The maximum absolute atomic E-state index is 11.4. The highest BCUT2D eigenvalue weighted by Gasteiger charge is 2.50. The molecule has 4 aliphatic rings. The molecule has 1 amide bonds. The van der Waals surface area contributed by atoms with Crippen molar-refractivity contribution in [2.75, 3.05) is 6.54 Å². The van der Waals surface area contributed by atoms with Gasteiger partial charge in [-0.3, -0.25) is 4.79 Å². The normalized spacial score (nSPS) is 42.1. The lowest BCUT2D eigenvalue weighted by Crippen LogP contribution is -2.51. The van der Waals surface area contributed by atoms with Gasteiger partial charge >= 0.3 is 0 Å². The molecule has 0 spiro atoms. The molecule has 0 aromatic carbocycles. The smallest absolute Gasteiger partial charge is 0.219 e. The summed E-state index contributed by atoms with van der Waals surface area (Å²) in [6.45, 7) is 2.90. The van der Waals surface area contributed by atoms with E-state index in [0.717, 1.165) is 24.3 Å². The molecule has 0 aliphatic heterocycles. The highest BCUT2D eigenvalue weighted by Crippen LogP contribution is 2.59. The number of rotatable bonds is 3. The summed E-state index contributed by atoms with van der Waals surface area (Å²) in [5.74, 6) is 3.20. The highest BCUT2D eigenvalue weighted by atomic mass is 16.1. The van der Waals surface area contributed by atoms with Gasteiger partial charge in [0.1, 0.15) is 0 Å². The van der Waals surface area contributed by atoms with Crippen molar-refractivity contribution in [2.24, 2.45) is 23.2 Å². The molecule has 0 heterocycles. The van der Waals surface area contributed by atoms with E-state index in [1.54, 1.807) is 0 Å². The van der Waals surface area contributed by atoms with Gasteiger partial charge in [0.05, 0.1) is 0 Å². The van der Waals surface area contributed by atoms with Crippen molar-refractivity contribution in [3.63, 3.8) is 0 Å². The first-order chi connectivity index (χ1) is 7.69. The Kier molecular flexibility index (Phi) is 3.51. The zero-order valence-corrected chi connectivity index (χ0v) is 10.3. The van der Waals surface area contributed by atoms with E-state index in [1.165, 1.54) is 38.5 Å². The summed E-state index contributed by atoms with van der Waals surface area (Å²) in [6.07, 6.45) is 9.27. The fourth-order valence-electron chi connectivity index (χ4n) is 4.92. The molecule has 0 aromatic rings. The quantitative estimate of drug-likeness (QED) is 0.801. The van der Waals surface area contributed by atoms with Crippen LogP contribution in [0.1, 0.15) is 59.3 Å². The first kappa shape index (κ1) is 12.9. The van der Waals surface area contributed by atoms with Gasteiger partial charge in [0.15, 0.2) is 0 Å². The van der Waals surface area contributed by atoms with Gasteiger partial charge in [-0.1, -0.05) is 14.4 Å². The van der Waals surface area contributed by atoms with Crippen molar-refractivity contribution in [3.8, 4) is 0 Å². The van der Waals surface area contributed by atoms with E-state index in [1.807, 2.05) is 6.92 Å². The SMILES string of the molecule is C.CCC(=O)NCC12CC3CC(CC(C3)C1)C2. The third-order valence-corrected chi connectivity index (χ3v) is 5.15. The van der Waals surface area contributed by atoms with Gasteiger partial charge in [-0.25, -0.2) is 0 Å². The second-order valence-corrected chi connectivity index (χ2v) is 6.55. The topological polar surface area (TPSA) is 29.1 Å². The molecule has 4 fully saturated rings. The third-order valence-electron chi connectivity index (χ3n) is 5.15. The molecule has 0 unspecified atom stereocenters. The third kappa shape index (κ3) is 2.36. The van der Waals surface area contributed by atoms with E-state index in [-0.39, 0.29) is 13.3 Å². The average Bonchev–Trinajstić information content (AvgIpc) is 2.24.